The fraction of sp³-hybridized carbons (Fsp3) is 0.250. The van der Waals surface area contributed by atoms with Crippen LogP contribution in [0.2, 0.25) is 5.02 Å². The monoisotopic (exact) mass is 371 g/mol. The third-order valence-electron chi connectivity index (χ3n) is 3.24. The number of rotatable bonds is 5. The largest absolute Gasteiger partial charge is 0.496 e. The number of methoxy groups -OCH3 is 1. The summed E-state index contributed by atoms with van der Waals surface area (Å²) in [4.78, 5) is 0. The minimum Gasteiger partial charge on any atom is -0.496 e. The molecule has 2 aromatic carbocycles. The second kappa shape index (κ2) is 7.25. The standard InChI is InChI=1S/C16H16BrClFNO/c1-21-16-6-5-10(8-13(16)17)7-11(20)9-12-14(18)3-2-4-15(12)19/h2-6,8,11H,7,9,20H2,1H3. The van der Waals surface area contributed by atoms with Crippen molar-refractivity contribution in [3.63, 3.8) is 0 Å². The molecule has 0 saturated heterocycles. The highest BCUT2D eigenvalue weighted by molar-refractivity contribution is 9.10. The van der Waals surface area contributed by atoms with Gasteiger partial charge in [-0.1, -0.05) is 23.7 Å². The van der Waals surface area contributed by atoms with Gasteiger partial charge in [0.05, 0.1) is 11.6 Å². The molecular formula is C16H16BrClFNO. The van der Waals surface area contributed by atoms with Gasteiger partial charge in [0.2, 0.25) is 0 Å². The Kier molecular flexibility index (Phi) is 5.62. The van der Waals surface area contributed by atoms with E-state index in [0.29, 0.717) is 23.4 Å². The Bertz CT molecular complexity index is 615. The maximum Gasteiger partial charge on any atom is 0.133 e. The normalized spacial score (nSPS) is 12.2. The third kappa shape index (κ3) is 4.19. The molecule has 5 heteroatoms. The summed E-state index contributed by atoms with van der Waals surface area (Å²) in [5.41, 5.74) is 7.65. The molecule has 1 unspecified atom stereocenters. The highest BCUT2D eigenvalue weighted by atomic mass is 79.9. The molecule has 0 spiro atoms. The summed E-state index contributed by atoms with van der Waals surface area (Å²) in [5.74, 6) is 0.457. The smallest absolute Gasteiger partial charge is 0.133 e. The number of ether oxygens (including phenoxy) is 1. The molecule has 2 rings (SSSR count). The topological polar surface area (TPSA) is 35.2 Å². The Morgan fingerprint density at radius 1 is 1.29 bits per heavy atom. The fourth-order valence-electron chi connectivity index (χ4n) is 2.20. The van der Waals surface area contributed by atoms with Crippen LogP contribution in [-0.4, -0.2) is 13.2 Å². The first-order valence-electron chi connectivity index (χ1n) is 6.52. The van der Waals surface area contributed by atoms with Crippen molar-refractivity contribution in [3.8, 4) is 5.75 Å². The summed E-state index contributed by atoms with van der Waals surface area (Å²) in [5, 5.41) is 0.418. The number of hydrogen-bond acceptors (Lipinski definition) is 2. The molecule has 2 aromatic rings. The summed E-state index contributed by atoms with van der Waals surface area (Å²) in [6.45, 7) is 0. The Labute approximate surface area is 137 Å². The predicted molar refractivity (Wildman–Crippen MR) is 87.5 cm³/mol. The van der Waals surface area contributed by atoms with Crippen molar-refractivity contribution < 1.29 is 9.13 Å². The quantitative estimate of drug-likeness (QED) is 0.846. The lowest BCUT2D eigenvalue weighted by Gasteiger charge is -2.14. The Morgan fingerprint density at radius 2 is 2.05 bits per heavy atom. The van der Waals surface area contributed by atoms with Crippen molar-refractivity contribution in [2.45, 2.75) is 18.9 Å². The van der Waals surface area contributed by atoms with Crippen molar-refractivity contribution in [1.82, 2.24) is 0 Å². The first-order valence-corrected chi connectivity index (χ1v) is 7.69. The van der Waals surface area contributed by atoms with Gasteiger partial charge in [0, 0.05) is 16.6 Å². The van der Waals surface area contributed by atoms with Crippen LogP contribution in [0.1, 0.15) is 11.1 Å². The van der Waals surface area contributed by atoms with Gasteiger partial charge >= 0.3 is 0 Å². The van der Waals surface area contributed by atoms with Crippen molar-refractivity contribution in [2.75, 3.05) is 7.11 Å². The van der Waals surface area contributed by atoms with E-state index < -0.39 is 0 Å². The van der Waals surface area contributed by atoms with Crippen molar-refractivity contribution >= 4 is 27.5 Å². The second-order valence-electron chi connectivity index (χ2n) is 4.84. The Hall–Kier alpha value is -1.10. The molecule has 1 atom stereocenters. The van der Waals surface area contributed by atoms with E-state index in [1.165, 1.54) is 6.07 Å². The fourth-order valence-corrected chi connectivity index (χ4v) is 3.03. The van der Waals surface area contributed by atoms with E-state index in [1.807, 2.05) is 18.2 Å². The highest BCUT2D eigenvalue weighted by Crippen LogP contribution is 2.26. The first-order chi connectivity index (χ1) is 10.0. The highest BCUT2D eigenvalue weighted by Gasteiger charge is 2.13. The predicted octanol–water partition coefficient (Wildman–Crippen LogP) is 4.36. The molecule has 0 aliphatic heterocycles. The van der Waals surface area contributed by atoms with Crippen LogP contribution in [0.5, 0.6) is 5.75 Å². The van der Waals surface area contributed by atoms with Crippen LogP contribution in [0.25, 0.3) is 0 Å². The average molecular weight is 373 g/mol. The molecular weight excluding hydrogens is 357 g/mol. The van der Waals surface area contributed by atoms with Crippen LogP contribution >= 0.6 is 27.5 Å². The molecule has 0 aliphatic carbocycles. The van der Waals surface area contributed by atoms with Gasteiger partial charge in [-0.25, -0.2) is 4.39 Å². The van der Waals surface area contributed by atoms with Gasteiger partial charge in [0.25, 0.3) is 0 Å². The average Bonchev–Trinajstić information content (AvgIpc) is 2.43. The van der Waals surface area contributed by atoms with E-state index in [4.69, 9.17) is 22.1 Å². The lowest BCUT2D eigenvalue weighted by molar-refractivity contribution is 0.412. The SMILES string of the molecule is COc1ccc(CC(N)Cc2c(F)cccc2Cl)cc1Br. The van der Waals surface area contributed by atoms with Crippen molar-refractivity contribution in [1.29, 1.82) is 0 Å². The van der Waals surface area contributed by atoms with Crippen LogP contribution in [0.3, 0.4) is 0 Å². The van der Waals surface area contributed by atoms with Crippen molar-refractivity contribution in [3.05, 3.63) is 62.8 Å². The van der Waals surface area contributed by atoms with Gasteiger partial charge in [-0.15, -0.1) is 0 Å². The molecule has 21 heavy (non-hydrogen) atoms. The third-order valence-corrected chi connectivity index (χ3v) is 4.22. The van der Waals surface area contributed by atoms with Gasteiger partial charge in [0.1, 0.15) is 11.6 Å². The summed E-state index contributed by atoms with van der Waals surface area (Å²) < 4.78 is 19.8. The van der Waals surface area contributed by atoms with E-state index in [2.05, 4.69) is 15.9 Å². The summed E-state index contributed by atoms with van der Waals surface area (Å²) >= 11 is 9.46. The molecule has 2 nitrogen and oxygen atoms in total. The summed E-state index contributed by atoms with van der Waals surface area (Å²) in [7, 11) is 1.62. The van der Waals surface area contributed by atoms with Gasteiger partial charge in [-0.2, -0.15) is 0 Å². The second-order valence-corrected chi connectivity index (χ2v) is 6.10. The Balaban J connectivity index is 2.08. The zero-order valence-corrected chi connectivity index (χ0v) is 13.9. The molecule has 0 bridgehead atoms. The first kappa shape index (κ1) is 16.3. The van der Waals surface area contributed by atoms with Crippen LogP contribution in [0.15, 0.2) is 40.9 Å². The molecule has 0 saturated carbocycles. The minimum absolute atomic E-state index is 0.209. The van der Waals surface area contributed by atoms with Crippen LogP contribution < -0.4 is 10.5 Å². The number of nitrogens with two attached hydrogens (primary N) is 1. The maximum atomic E-state index is 13.7. The van der Waals surface area contributed by atoms with E-state index in [9.17, 15) is 4.39 Å². The van der Waals surface area contributed by atoms with E-state index in [0.717, 1.165) is 15.8 Å². The van der Waals surface area contributed by atoms with Gasteiger partial charge < -0.3 is 10.5 Å². The number of benzene rings is 2. The zero-order valence-electron chi connectivity index (χ0n) is 11.6. The van der Waals surface area contributed by atoms with Crippen LogP contribution in [-0.2, 0) is 12.8 Å². The summed E-state index contributed by atoms with van der Waals surface area (Å²) in [6.07, 6.45) is 1.03. The lowest BCUT2D eigenvalue weighted by atomic mass is 9.99. The van der Waals surface area contributed by atoms with E-state index in [-0.39, 0.29) is 11.9 Å². The van der Waals surface area contributed by atoms with E-state index >= 15 is 0 Å². The molecule has 2 N–H and O–H groups in total. The molecule has 112 valence electrons. The van der Waals surface area contributed by atoms with E-state index in [1.54, 1.807) is 19.2 Å². The number of hydrogen-bond donors (Lipinski definition) is 1. The van der Waals surface area contributed by atoms with Crippen LogP contribution in [0, 0.1) is 5.82 Å². The summed E-state index contributed by atoms with van der Waals surface area (Å²) in [6, 6.07) is 10.2. The molecule has 0 amide bonds. The van der Waals surface area contributed by atoms with Gasteiger partial charge in [-0.3, -0.25) is 0 Å². The van der Waals surface area contributed by atoms with Crippen molar-refractivity contribution in [2.24, 2.45) is 5.73 Å². The van der Waals surface area contributed by atoms with Crippen LogP contribution in [0.4, 0.5) is 4.39 Å². The zero-order chi connectivity index (χ0) is 15.4. The molecule has 0 radical (unpaired) electrons. The molecule has 0 aromatic heterocycles. The Morgan fingerprint density at radius 3 is 2.67 bits per heavy atom. The van der Waals surface area contributed by atoms with Gasteiger partial charge in [0.15, 0.2) is 0 Å². The maximum absolute atomic E-state index is 13.7. The minimum atomic E-state index is -0.311. The molecule has 0 fully saturated rings. The van der Waals surface area contributed by atoms with Gasteiger partial charge in [-0.05, 0) is 58.6 Å². The molecule has 0 heterocycles. The number of halogens is 3. The lowest BCUT2D eigenvalue weighted by Crippen LogP contribution is -2.26. The molecule has 0 aliphatic rings.